The van der Waals surface area contributed by atoms with Crippen LogP contribution < -0.4 is 4.74 Å². The summed E-state index contributed by atoms with van der Waals surface area (Å²) in [5.41, 5.74) is 2.92. The number of halogens is 3. The lowest BCUT2D eigenvalue weighted by Crippen LogP contribution is -2.09. The minimum atomic E-state index is -4.40. The van der Waals surface area contributed by atoms with Crippen LogP contribution in [0.3, 0.4) is 0 Å². The Kier molecular flexibility index (Phi) is 7.18. The lowest BCUT2D eigenvalue weighted by molar-refractivity contribution is -0.137. The monoisotopic (exact) mass is 503 g/mol. The van der Waals surface area contributed by atoms with Gasteiger partial charge in [-0.3, -0.25) is 4.79 Å². The van der Waals surface area contributed by atoms with Crippen LogP contribution in [0, 0.1) is 17.8 Å². The number of rotatable bonds is 7. The summed E-state index contributed by atoms with van der Waals surface area (Å²) in [6.45, 7) is 6.83. The number of nitrogens with zero attached hydrogens (tertiary/aromatic N) is 1. The molecule has 0 radical (unpaired) electrons. The fourth-order valence-corrected chi connectivity index (χ4v) is 4.34. The van der Waals surface area contributed by atoms with Gasteiger partial charge in [0.1, 0.15) is 12.4 Å². The van der Waals surface area contributed by atoms with Crippen LogP contribution in [0.15, 0.2) is 72.9 Å². The zero-order chi connectivity index (χ0) is 26.8. The molecule has 4 aromatic rings. The molecular weight excluding hydrogens is 475 g/mol. The van der Waals surface area contributed by atoms with Gasteiger partial charge in [-0.2, -0.15) is 13.2 Å². The molecule has 0 saturated heterocycles. The molecule has 0 bridgehead atoms. The number of terminal acetylenes is 1. The smallest absolute Gasteiger partial charge is 0.416 e. The van der Waals surface area contributed by atoms with Crippen LogP contribution in [0.25, 0.3) is 10.9 Å². The van der Waals surface area contributed by atoms with Crippen molar-refractivity contribution in [1.82, 2.24) is 4.57 Å². The molecule has 0 N–H and O–H groups in total. The highest BCUT2D eigenvalue weighted by Crippen LogP contribution is 2.35. The summed E-state index contributed by atoms with van der Waals surface area (Å²) in [6, 6.07) is 18.0. The first-order valence-electron chi connectivity index (χ1n) is 11.9. The van der Waals surface area contributed by atoms with Crippen molar-refractivity contribution in [3.05, 3.63) is 101 Å². The largest absolute Gasteiger partial charge is 0.481 e. The number of ketones is 1. The maximum absolute atomic E-state index is 13.4. The number of carbonyl (C=O) groups is 1. The van der Waals surface area contributed by atoms with E-state index in [9.17, 15) is 18.0 Å². The number of alkyl halides is 3. The Morgan fingerprint density at radius 3 is 2.14 bits per heavy atom. The first-order valence-corrected chi connectivity index (χ1v) is 11.9. The van der Waals surface area contributed by atoms with Gasteiger partial charge in [-0.15, -0.1) is 6.42 Å². The van der Waals surface area contributed by atoms with E-state index in [0.29, 0.717) is 35.2 Å². The van der Waals surface area contributed by atoms with Crippen LogP contribution in [0.2, 0.25) is 0 Å². The summed E-state index contributed by atoms with van der Waals surface area (Å²) in [5.74, 6) is 2.87. The molecule has 3 aromatic carbocycles. The van der Waals surface area contributed by atoms with E-state index in [2.05, 4.69) is 26.7 Å². The quantitative estimate of drug-likeness (QED) is 0.193. The minimum Gasteiger partial charge on any atom is -0.481 e. The number of hydrogen-bond acceptors (Lipinski definition) is 2. The molecule has 3 nitrogen and oxygen atoms in total. The van der Waals surface area contributed by atoms with Gasteiger partial charge in [-0.1, -0.05) is 51.0 Å². The number of carbonyl (C=O) groups excluding carboxylic acids is 1. The van der Waals surface area contributed by atoms with Gasteiger partial charge in [-0.25, -0.2) is 0 Å². The molecule has 0 unspecified atom stereocenters. The average molecular weight is 504 g/mol. The minimum absolute atomic E-state index is 0.0823. The fraction of sp³-hybridized carbons (Fsp3) is 0.258. The highest BCUT2D eigenvalue weighted by atomic mass is 19.4. The van der Waals surface area contributed by atoms with Gasteiger partial charge in [0.15, 0.2) is 5.78 Å². The van der Waals surface area contributed by atoms with E-state index in [1.807, 2.05) is 22.9 Å². The highest BCUT2D eigenvalue weighted by Gasteiger charge is 2.31. The maximum atomic E-state index is 13.4. The van der Waals surface area contributed by atoms with Crippen molar-refractivity contribution >= 4 is 16.7 Å². The number of aromatic nitrogens is 1. The Morgan fingerprint density at radius 1 is 0.946 bits per heavy atom. The first-order chi connectivity index (χ1) is 17.4. The van der Waals surface area contributed by atoms with E-state index < -0.39 is 11.7 Å². The van der Waals surface area contributed by atoms with Crippen molar-refractivity contribution in [3.8, 4) is 18.1 Å². The van der Waals surface area contributed by atoms with Crippen LogP contribution in [-0.4, -0.2) is 17.0 Å². The number of ether oxygens (including phenoxy) is 1. The van der Waals surface area contributed by atoms with Crippen LogP contribution in [0.1, 0.15) is 53.4 Å². The molecule has 1 aromatic heterocycles. The van der Waals surface area contributed by atoms with Crippen molar-refractivity contribution in [2.24, 2.45) is 5.41 Å². The highest BCUT2D eigenvalue weighted by molar-refractivity contribution is 6.09. The topological polar surface area (TPSA) is 31.2 Å². The van der Waals surface area contributed by atoms with Gasteiger partial charge in [-0.05, 0) is 65.4 Å². The van der Waals surface area contributed by atoms with Crippen molar-refractivity contribution in [2.75, 3.05) is 6.61 Å². The van der Waals surface area contributed by atoms with Gasteiger partial charge in [0, 0.05) is 34.8 Å². The molecule has 0 spiro atoms. The van der Waals surface area contributed by atoms with Crippen LogP contribution in [0.5, 0.6) is 5.75 Å². The fourth-order valence-electron chi connectivity index (χ4n) is 4.34. The van der Waals surface area contributed by atoms with Crippen molar-refractivity contribution in [2.45, 2.75) is 39.9 Å². The second-order valence-electron chi connectivity index (χ2n) is 10.3. The van der Waals surface area contributed by atoms with Gasteiger partial charge < -0.3 is 9.30 Å². The van der Waals surface area contributed by atoms with E-state index >= 15 is 0 Å². The second-order valence-corrected chi connectivity index (χ2v) is 10.3. The average Bonchev–Trinajstić information content (AvgIpc) is 3.17. The molecule has 37 heavy (non-hydrogen) atoms. The van der Waals surface area contributed by atoms with Gasteiger partial charge in [0.2, 0.25) is 0 Å². The maximum Gasteiger partial charge on any atom is 0.416 e. The number of benzene rings is 3. The van der Waals surface area contributed by atoms with E-state index in [-0.39, 0.29) is 17.8 Å². The molecule has 0 saturated carbocycles. The predicted octanol–water partition coefficient (Wildman–Crippen LogP) is 7.54. The Labute approximate surface area is 214 Å². The molecule has 4 rings (SSSR count). The van der Waals surface area contributed by atoms with E-state index in [0.717, 1.165) is 22.7 Å². The summed E-state index contributed by atoms with van der Waals surface area (Å²) >= 11 is 0. The molecule has 0 fully saturated rings. The first kappa shape index (κ1) is 26.1. The zero-order valence-corrected chi connectivity index (χ0v) is 21.0. The summed E-state index contributed by atoms with van der Waals surface area (Å²) < 4.78 is 47.5. The third kappa shape index (κ3) is 6.24. The molecule has 0 atom stereocenters. The molecule has 1 heterocycles. The SMILES string of the molecule is C#CCOc1ccc(C(=O)c2ccc(Cn3cc(CC(C)(C)C)c4cc(C(F)(F)F)ccc43)cc2)cc1. The standard InChI is InChI=1S/C31H28F3NO2/c1-5-16-37-26-13-10-23(11-14-26)29(36)22-8-6-21(7-9-22)19-35-20-24(18-30(2,3)4)27-17-25(31(32,33)34)12-15-28(27)35/h1,6-15,17,20H,16,18-19H2,2-4H3. The normalized spacial score (nSPS) is 11.9. The lowest BCUT2D eigenvalue weighted by atomic mass is 9.88. The summed E-state index contributed by atoms with van der Waals surface area (Å²) in [6.07, 6.45) is 3.39. The van der Waals surface area contributed by atoms with Crippen molar-refractivity contribution in [3.63, 3.8) is 0 Å². The van der Waals surface area contributed by atoms with Crippen molar-refractivity contribution < 1.29 is 22.7 Å². The number of fused-ring (bicyclic) bond motifs is 1. The van der Waals surface area contributed by atoms with E-state index in [1.165, 1.54) is 6.07 Å². The number of hydrogen-bond donors (Lipinski definition) is 0. The van der Waals surface area contributed by atoms with E-state index in [1.54, 1.807) is 42.5 Å². The Morgan fingerprint density at radius 2 is 1.57 bits per heavy atom. The Bertz CT molecular complexity index is 1450. The van der Waals surface area contributed by atoms with Gasteiger partial charge in [0.05, 0.1) is 5.56 Å². The third-order valence-electron chi connectivity index (χ3n) is 6.02. The second kappa shape index (κ2) is 10.2. The zero-order valence-electron chi connectivity index (χ0n) is 21.0. The van der Waals surface area contributed by atoms with Crippen molar-refractivity contribution in [1.29, 1.82) is 0 Å². The molecular formula is C31H28F3NO2. The molecule has 0 aliphatic rings. The summed E-state index contributed by atoms with van der Waals surface area (Å²) in [5, 5.41) is 0.617. The van der Waals surface area contributed by atoms with Crippen LogP contribution in [0.4, 0.5) is 13.2 Å². The molecule has 0 aliphatic carbocycles. The van der Waals surface area contributed by atoms with Gasteiger partial charge >= 0.3 is 6.18 Å². The molecule has 6 heteroatoms. The molecule has 190 valence electrons. The van der Waals surface area contributed by atoms with E-state index in [4.69, 9.17) is 11.2 Å². The molecule has 0 amide bonds. The van der Waals surface area contributed by atoms with Crippen LogP contribution in [-0.2, 0) is 19.1 Å². The summed E-state index contributed by atoms with van der Waals surface area (Å²) in [4.78, 5) is 12.9. The van der Waals surface area contributed by atoms with Gasteiger partial charge in [0.25, 0.3) is 0 Å². The predicted molar refractivity (Wildman–Crippen MR) is 140 cm³/mol. The molecule has 0 aliphatic heterocycles. The lowest BCUT2D eigenvalue weighted by Gasteiger charge is -2.17. The Balaban J connectivity index is 1.58. The summed E-state index contributed by atoms with van der Waals surface area (Å²) in [7, 11) is 0. The third-order valence-corrected chi connectivity index (χ3v) is 6.02. The van der Waals surface area contributed by atoms with Crippen LogP contribution >= 0.6 is 0 Å². The Hall–Kier alpha value is -3.98.